The van der Waals surface area contributed by atoms with Crippen LogP contribution in [0.3, 0.4) is 0 Å². The first kappa shape index (κ1) is 18.7. The Morgan fingerprint density at radius 3 is 2.70 bits per heavy atom. The zero-order valence-corrected chi connectivity index (χ0v) is 17.1. The molecule has 3 aromatic rings. The fourth-order valence-electron chi connectivity index (χ4n) is 4.74. The normalized spacial score (nSPS) is 18.1. The minimum absolute atomic E-state index is 0.146. The van der Waals surface area contributed by atoms with Crippen LogP contribution in [0.2, 0.25) is 0 Å². The molecule has 8 heteroatoms. The quantitative estimate of drug-likeness (QED) is 0.617. The number of ether oxygens (including phenoxy) is 2. The lowest BCUT2D eigenvalue weighted by atomic mass is 9.97. The smallest absolute Gasteiger partial charge is 0.318 e. The molecule has 0 radical (unpaired) electrons. The summed E-state index contributed by atoms with van der Waals surface area (Å²) in [6.45, 7) is 1.21. The number of aryl methyl sites for hydroxylation is 2. The summed E-state index contributed by atoms with van der Waals surface area (Å²) >= 11 is 0. The predicted octanol–water partition coefficient (Wildman–Crippen LogP) is 2.80. The summed E-state index contributed by atoms with van der Waals surface area (Å²) < 4.78 is 12.3. The summed E-state index contributed by atoms with van der Waals surface area (Å²) in [6.07, 6.45) is 3.78. The van der Waals surface area contributed by atoms with Crippen LogP contribution < -0.4 is 18.9 Å². The molecular weight excluding hydrogens is 384 g/mol. The van der Waals surface area contributed by atoms with Crippen LogP contribution in [0.15, 0.2) is 30.3 Å². The third-order valence-electron chi connectivity index (χ3n) is 6.32. The lowest BCUT2D eigenvalue weighted by Crippen LogP contribution is -2.32. The molecule has 2 heterocycles. The average molecular weight is 408 g/mol. The second kappa shape index (κ2) is 7.19. The van der Waals surface area contributed by atoms with E-state index >= 15 is 0 Å². The molecule has 1 aliphatic heterocycles. The third-order valence-corrected chi connectivity index (χ3v) is 6.32. The van der Waals surface area contributed by atoms with E-state index in [1.807, 2.05) is 35.2 Å². The van der Waals surface area contributed by atoms with Gasteiger partial charge in [-0.3, -0.25) is 0 Å². The summed E-state index contributed by atoms with van der Waals surface area (Å²) in [5.41, 5.74) is 4.06. The summed E-state index contributed by atoms with van der Waals surface area (Å²) in [4.78, 5) is 14.5. The van der Waals surface area contributed by atoms with Gasteiger partial charge in [-0.15, -0.1) is 0 Å². The van der Waals surface area contributed by atoms with Gasteiger partial charge in [0, 0.05) is 30.6 Å². The Bertz CT molecular complexity index is 1190. The molecule has 0 saturated carbocycles. The zero-order valence-electron chi connectivity index (χ0n) is 17.1. The minimum atomic E-state index is 0.146. The highest BCUT2D eigenvalue weighted by atomic mass is 16.5. The second-order valence-electron chi connectivity index (χ2n) is 7.97. The van der Waals surface area contributed by atoms with Crippen LogP contribution in [0.4, 0.5) is 5.95 Å². The van der Waals surface area contributed by atoms with Crippen molar-refractivity contribution >= 4 is 17.0 Å². The standard InChI is InChI=1S/C22H24N4O4/c1-29-17-6-7-21(30-2)18(12-17)16-8-9-24(13-16)22-23-26(28)20-11-15-5-3-4-14(15)10-19(20)25(22)27/h6-7,10-12,16H,3-5,8-9,13H2,1-2H3. The van der Waals surface area contributed by atoms with E-state index in [-0.39, 0.29) is 11.9 Å². The number of nitrogens with zero attached hydrogens (tertiary/aromatic N) is 4. The van der Waals surface area contributed by atoms with Crippen molar-refractivity contribution in [2.75, 3.05) is 32.2 Å². The Hall–Kier alpha value is -3.29. The molecule has 30 heavy (non-hydrogen) atoms. The van der Waals surface area contributed by atoms with Gasteiger partial charge in [0.2, 0.25) is 0 Å². The summed E-state index contributed by atoms with van der Waals surface area (Å²) in [6, 6.07) is 9.42. The monoisotopic (exact) mass is 408 g/mol. The summed E-state index contributed by atoms with van der Waals surface area (Å²) in [7, 11) is 3.28. The first-order valence-electron chi connectivity index (χ1n) is 10.2. The van der Waals surface area contributed by atoms with E-state index < -0.39 is 0 Å². The fraction of sp³-hybridized carbons (Fsp3) is 0.409. The topological polar surface area (TPSA) is 85.6 Å². The van der Waals surface area contributed by atoms with Crippen molar-refractivity contribution in [2.45, 2.75) is 31.6 Å². The molecule has 5 rings (SSSR count). The average Bonchev–Trinajstić information content (AvgIpc) is 3.44. The number of hydrogen-bond acceptors (Lipinski definition) is 6. The van der Waals surface area contributed by atoms with Gasteiger partial charge in [-0.05, 0) is 61.1 Å². The number of hydrogen-bond donors (Lipinski definition) is 0. The number of rotatable bonds is 4. The first-order chi connectivity index (χ1) is 14.6. The Morgan fingerprint density at radius 1 is 1.13 bits per heavy atom. The van der Waals surface area contributed by atoms with Crippen molar-refractivity contribution in [1.29, 1.82) is 0 Å². The van der Waals surface area contributed by atoms with Gasteiger partial charge in [0.05, 0.1) is 24.2 Å². The van der Waals surface area contributed by atoms with Crippen molar-refractivity contribution in [1.82, 2.24) is 9.83 Å². The van der Waals surface area contributed by atoms with Gasteiger partial charge in [-0.1, -0.05) is 0 Å². The molecule has 1 atom stereocenters. The summed E-state index contributed by atoms with van der Waals surface area (Å²) in [5, 5.41) is 17.2. The van der Waals surface area contributed by atoms with E-state index in [0.717, 1.165) is 58.6 Å². The lowest BCUT2D eigenvalue weighted by molar-refractivity contribution is -0.535. The Kier molecular flexibility index (Phi) is 4.49. The molecule has 0 spiro atoms. The van der Waals surface area contributed by atoms with Gasteiger partial charge < -0.3 is 24.3 Å². The molecular formula is C22H24N4O4. The summed E-state index contributed by atoms with van der Waals surface area (Å²) in [5.74, 6) is 1.85. The molecule has 1 aliphatic carbocycles. The highest BCUT2D eigenvalue weighted by Gasteiger charge is 2.31. The minimum Gasteiger partial charge on any atom is -0.803 e. The molecule has 0 amide bonds. The first-order valence-corrected chi connectivity index (χ1v) is 10.2. The molecule has 1 aromatic heterocycles. The van der Waals surface area contributed by atoms with Crippen LogP contribution in [0, 0.1) is 10.1 Å². The lowest BCUT2D eigenvalue weighted by Gasteiger charge is -2.23. The van der Waals surface area contributed by atoms with Crippen LogP contribution >= 0.6 is 0 Å². The fourth-order valence-corrected chi connectivity index (χ4v) is 4.74. The van der Waals surface area contributed by atoms with Crippen molar-refractivity contribution in [3.63, 3.8) is 0 Å². The van der Waals surface area contributed by atoms with Crippen LogP contribution in [0.5, 0.6) is 11.5 Å². The number of anilines is 1. The zero-order chi connectivity index (χ0) is 20.8. The van der Waals surface area contributed by atoms with Crippen LogP contribution in [-0.4, -0.2) is 37.1 Å². The van der Waals surface area contributed by atoms with Crippen molar-refractivity contribution in [3.8, 4) is 11.5 Å². The predicted molar refractivity (Wildman–Crippen MR) is 113 cm³/mol. The van der Waals surface area contributed by atoms with Gasteiger partial charge in [-0.2, -0.15) is 0 Å². The van der Waals surface area contributed by atoms with Gasteiger partial charge in [0.25, 0.3) is 5.95 Å². The number of benzene rings is 2. The molecule has 1 saturated heterocycles. The van der Waals surface area contributed by atoms with E-state index in [4.69, 9.17) is 9.47 Å². The largest absolute Gasteiger partial charge is 0.803 e. The third kappa shape index (κ3) is 2.94. The van der Waals surface area contributed by atoms with Gasteiger partial charge >= 0.3 is 5.52 Å². The van der Waals surface area contributed by atoms with E-state index in [2.05, 4.69) is 5.10 Å². The van der Waals surface area contributed by atoms with E-state index in [9.17, 15) is 10.1 Å². The van der Waals surface area contributed by atoms with Gasteiger partial charge in [-0.25, -0.2) is 0 Å². The number of methoxy groups -OCH3 is 2. The van der Waals surface area contributed by atoms with Crippen molar-refractivity contribution in [2.24, 2.45) is 0 Å². The van der Waals surface area contributed by atoms with Gasteiger partial charge in [0.15, 0.2) is 4.54 Å². The van der Waals surface area contributed by atoms with Crippen LogP contribution in [0.25, 0.3) is 11.0 Å². The Balaban J connectivity index is 1.51. The highest BCUT2D eigenvalue weighted by molar-refractivity contribution is 5.76. The molecule has 2 aromatic carbocycles. The number of aromatic nitrogens is 3. The molecule has 0 N–H and O–H groups in total. The Labute approximate surface area is 173 Å². The maximum Gasteiger partial charge on any atom is 0.318 e. The maximum absolute atomic E-state index is 13.1. The van der Waals surface area contributed by atoms with E-state index in [1.54, 1.807) is 14.2 Å². The maximum atomic E-state index is 13.1. The van der Waals surface area contributed by atoms with Crippen molar-refractivity contribution in [3.05, 3.63) is 57.1 Å². The molecule has 1 unspecified atom stereocenters. The SMILES string of the molecule is COc1ccc(OC)c(C2CCN(c3n[n+](=O)c4cc5c(cc4n3[O-])CCC5)C2)c1. The molecule has 2 aliphatic rings. The molecule has 1 fully saturated rings. The molecule has 0 bridgehead atoms. The van der Waals surface area contributed by atoms with Gasteiger partial charge in [0.1, 0.15) is 17.0 Å². The van der Waals surface area contributed by atoms with Crippen LogP contribution in [0.1, 0.15) is 35.4 Å². The number of fused-ring (bicyclic) bond motifs is 2. The van der Waals surface area contributed by atoms with Crippen molar-refractivity contribution < 1.29 is 14.0 Å². The van der Waals surface area contributed by atoms with Crippen LogP contribution in [-0.2, 0) is 12.8 Å². The Morgan fingerprint density at radius 2 is 1.93 bits per heavy atom. The second-order valence-corrected chi connectivity index (χ2v) is 7.97. The molecule has 156 valence electrons. The van der Waals surface area contributed by atoms with E-state index in [1.165, 1.54) is 0 Å². The highest BCUT2D eigenvalue weighted by Crippen LogP contribution is 2.37. The molecule has 8 nitrogen and oxygen atoms in total. The van der Waals surface area contributed by atoms with E-state index in [0.29, 0.717) is 28.7 Å².